The Labute approximate surface area is 153 Å². The van der Waals surface area contributed by atoms with Crippen LogP contribution in [0.4, 0.5) is 10.1 Å². The van der Waals surface area contributed by atoms with Gasteiger partial charge in [0, 0.05) is 30.7 Å². The van der Waals surface area contributed by atoms with E-state index in [1.54, 1.807) is 12.1 Å². The van der Waals surface area contributed by atoms with E-state index in [2.05, 4.69) is 22.3 Å². The van der Waals surface area contributed by atoms with Gasteiger partial charge in [-0.15, -0.1) is 12.4 Å². The first-order chi connectivity index (χ1) is 11.5. The zero-order chi connectivity index (χ0) is 17.1. The van der Waals surface area contributed by atoms with Gasteiger partial charge in [0.05, 0.1) is 6.04 Å². The molecule has 1 aliphatic rings. The molecule has 1 heterocycles. The van der Waals surface area contributed by atoms with E-state index in [4.69, 9.17) is 5.73 Å². The van der Waals surface area contributed by atoms with Crippen molar-refractivity contribution in [2.24, 2.45) is 5.73 Å². The highest BCUT2D eigenvalue weighted by atomic mass is 35.5. The average molecular weight is 364 g/mol. The number of likely N-dealkylation sites (tertiary alicyclic amines) is 1. The van der Waals surface area contributed by atoms with Gasteiger partial charge >= 0.3 is 0 Å². The summed E-state index contributed by atoms with van der Waals surface area (Å²) in [6.45, 7) is 3.26. The van der Waals surface area contributed by atoms with Crippen molar-refractivity contribution >= 4 is 24.0 Å². The average Bonchev–Trinajstić information content (AvgIpc) is 2.96. The molecule has 1 aliphatic heterocycles. The number of rotatable bonds is 4. The van der Waals surface area contributed by atoms with Crippen molar-refractivity contribution in [3.63, 3.8) is 0 Å². The summed E-state index contributed by atoms with van der Waals surface area (Å²) in [5.41, 5.74) is 7.96. The molecule has 3 atom stereocenters. The molecule has 134 valence electrons. The summed E-state index contributed by atoms with van der Waals surface area (Å²) in [7, 11) is 0. The van der Waals surface area contributed by atoms with Gasteiger partial charge in [0.25, 0.3) is 0 Å². The number of hydrogen-bond acceptors (Lipinski definition) is 3. The summed E-state index contributed by atoms with van der Waals surface area (Å²) in [5.74, 6) is -0.301. The molecule has 3 rings (SSSR count). The lowest BCUT2D eigenvalue weighted by Crippen LogP contribution is -2.41. The number of amides is 1. The maximum atomic E-state index is 13.2. The fourth-order valence-electron chi connectivity index (χ4n) is 3.21. The smallest absolute Gasteiger partial charge is 0.241 e. The summed E-state index contributed by atoms with van der Waals surface area (Å²) in [4.78, 5) is 14.5. The highest BCUT2D eigenvalue weighted by Crippen LogP contribution is 2.27. The van der Waals surface area contributed by atoms with Gasteiger partial charge in [0.1, 0.15) is 5.82 Å². The van der Waals surface area contributed by atoms with Crippen LogP contribution in [0.2, 0.25) is 0 Å². The molecule has 0 saturated carbocycles. The van der Waals surface area contributed by atoms with Gasteiger partial charge in [0.15, 0.2) is 0 Å². The number of nitrogens with zero attached hydrogens (tertiary/aromatic N) is 1. The van der Waals surface area contributed by atoms with Crippen LogP contribution in [-0.4, -0.2) is 36.0 Å². The summed E-state index contributed by atoms with van der Waals surface area (Å²) >= 11 is 0. The van der Waals surface area contributed by atoms with Gasteiger partial charge < -0.3 is 11.1 Å². The van der Waals surface area contributed by atoms with E-state index in [1.807, 2.05) is 25.1 Å². The Balaban J connectivity index is 0.00000225. The highest BCUT2D eigenvalue weighted by molar-refractivity contribution is 5.94. The molecule has 1 unspecified atom stereocenters. The molecule has 3 N–H and O–H groups in total. The molecule has 25 heavy (non-hydrogen) atoms. The maximum Gasteiger partial charge on any atom is 0.241 e. The number of benzene rings is 2. The molecule has 4 nitrogen and oxygen atoms in total. The molecule has 2 aromatic rings. The molecule has 0 aromatic heterocycles. The Morgan fingerprint density at radius 3 is 2.60 bits per heavy atom. The van der Waals surface area contributed by atoms with E-state index in [9.17, 15) is 9.18 Å². The normalized spacial score (nSPS) is 21.4. The van der Waals surface area contributed by atoms with E-state index in [1.165, 1.54) is 17.7 Å². The van der Waals surface area contributed by atoms with Gasteiger partial charge in [0.2, 0.25) is 5.91 Å². The molecule has 1 amide bonds. The van der Waals surface area contributed by atoms with Gasteiger partial charge in [-0.25, -0.2) is 4.39 Å². The van der Waals surface area contributed by atoms with Crippen LogP contribution < -0.4 is 11.1 Å². The molecule has 0 radical (unpaired) electrons. The van der Waals surface area contributed by atoms with E-state index in [-0.39, 0.29) is 42.1 Å². The van der Waals surface area contributed by atoms with E-state index >= 15 is 0 Å². The minimum atomic E-state index is -0.368. The number of carbonyl (C=O) groups excluding carboxylic acids is 1. The van der Waals surface area contributed by atoms with Crippen molar-refractivity contribution in [3.8, 4) is 0 Å². The zero-order valence-corrected chi connectivity index (χ0v) is 14.9. The topological polar surface area (TPSA) is 58.4 Å². The first-order valence-corrected chi connectivity index (χ1v) is 8.15. The monoisotopic (exact) mass is 363 g/mol. The minimum Gasteiger partial charge on any atom is -0.326 e. The Kier molecular flexibility index (Phi) is 6.53. The Morgan fingerprint density at radius 2 is 1.92 bits per heavy atom. The number of hydrogen-bond donors (Lipinski definition) is 2. The van der Waals surface area contributed by atoms with Crippen molar-refractivity contribution in [2.45, 2.75) is 24.9 Å². The largest absolute Gasteiger partial charge is 0.326 e. The lowest BCUT2D eigenvalue weighted by Gasteiger charge is -2.23. The van der Waals surface area contributed by atoms with Crippen LogP contribution in [0.3, 0.4) is 0 Å². The predicted octanol–water partition coefficient (Wildman–Crippen LogP) is 3.00. The summed E-state index contributed by atoms with van der Waals surface area (Å²) in [6.07, 6.45) is 0. The second-order valence-electron chi connectivity index (χ2n) is 6.31. The van der Waals surface area contributed by atoms with Crippen molar-refractivity contribution in [2.75, 3.05) is 18.4 Å². The molecule has 0 aliphatic carbocycles. The first-order valence-electron chi connectivity index (χ1n) is 8.15. The van der Waals surface area contributed by atoms with Crippen molar-refractivity contribution < 1.29 is 9.18 Å². The van der Waals surface area contributed by atoms with Crippen molar-refractivity contribution in [3.05, 3.63) is 66.0 Å². The molecular weight excluding hydrogens is 341 g/mol. The standard InChI is InChI=1S/C19H22FN3O.ClH/c1-13(19(24)22-16-9-5-8-15(20)10-16)23-11-17(18(21)12-23)14-6-3-2-4-7-14;/h2-10,13,17-18H,11-12,21H2,1H3,(H,22,24);1H/t13?,17-,18+;/m0./s1. The number of halogens is 2. The van der Waals surface area contributed by atoms with Gasteiger partial charge in [-0.05, 0) is 30.7 Å². The van der Waals surface area contributed by atoms with Crippen LogP contribution in [0.25, 0.3) is 0 Å². The van der Waals surface area contributed by atoms with Crippen LogP contribution in [0, 0.1) is 5.82 Å². The van der Waals surface area contributed by atoms with Gasteiger partial charge in [-0.1, -0.05) is 36.4 Å². The van der Waals surface area contributed by atoms with Crippen LogP contribution in [-0.2, 0) is 4.79 Å². The van der Waals surface area contributed by atoms with Crippen LogP contribution in [0.1, 0.15) is 18.4 Å². The molecule has 1 saturated heterocycles. The van der Waals surface area contributed by atoms with E-state index in [0.29, 0.717) is 12.2 Å². The molecule has 6 heteroatoms. The summed E-state index contributed by atoms with van der Waals surface area (Å²) in [6, 6.07) is 15.7. The quantitative estimate of drug-likeness (QED) is 0.878. The van der Waals surface area contributed by atoms with Crippen molar-refractivity contribution in [1.82, 2.24) is 4.90 Å². The molecule has 2 aromatic carbocycles. The van der Waals surface area contributed by atoms with E-state index < -0.39 is 0 Å². The van der Waals surface area contributed by atoms with Crippen molar-refractivity contribution in [1.29, 1.82) is 0 Å². The summed E-state index contributed by atoms with van der Waals surface area (Å²) in [5, 5.41) is 2.77. The van der Waals surface area contributed by atoms with E-state index in [0.717, 1.165) is 6.54 Å². The third-order valence-electron chi connectivity index (χ3n) is 4.64. The second-order valence-corrected chi connectivity index (χ2v) is 6.31. The number of nitrogens with one attached hydrogen (secondary N) is 1. The second kappa shape index (κ2) is 8.43. The maximum absolute atomic E-state index is 13.2. The molecule has 1 fully saturated rings. The Morgan fingerprint density at radius 1 is 1.20 bits per heavy atom. The fourth-order valence-corrected chi connectivity index (χ4v) is 3.21. The molecule has 0 bridgehead atoms. The zero-order valence-electron chi connectivity index (χ0n) is 14.1. The minimum absolute atomic E-state index is 0. The Hall–Kier alpha value is -1.95. The van der Waals surface area contributed by atoms with Crippen LogP contribution >= 0.6 is 12.4 Å². The lowest BCUT2D eigenvalue weighted by atomic mass is 9.95. The number of nitrogens with two attached hydrogens (primary N) is 1. The Bertz CT molecular complexity index is 713. The number of anilines is 1. The lowest BCUT2D eigenvalue weighted by molar-refractivity contribution is -0.120. The third-order valence-corrected chi connectivity index (χ3v) is 4.64. The fraction of sp³-hybridized carbons (Fsp3) is 0.316. The molecular formula is C19H23ClFN3O. The van der Waals surface area contributed by atoms with Gasteiger partial charge in [-0.2, -0.15) is 0 Å². The third kappa shape index (κ3) is 4.57. The predicted molar refractivity (Wildman–Crippen MR) is 100 cm³/mol. The van der Waals surface area contributed by atoms with Gasteiger partial charge in [-0.3, -0.25) is 9.69 Å². The first kappa shape index (κ1) is 19.4. The van der Waals surface area contributed by atoms with Crippen LogP contribution in [0.15, 0.2) is 54.6 Å². The number of carbonyl (C=O) groups is 1. The highest BCUT2D eigenvalue weighted by Gasteiger charge is 2.35. The molecule has 0 spiro atoms. The summed E-state index contributed by atoms with van der Waals surface area (Å²) < 4.78 is 13.2. The SMILES string of the molecule is CC(C(=O)Nc1cccc(F)c1)N1C[C@@H](N)[C@H](c2ccccc2)C1.Cl. The van der Waals surface area contributed by atoms with Crippen LogP contribution in [0.5, 0.6) is 0 Å².